The van der Waals surface area contributed by atoms with Crippen molar-refractivity contribution in [3.8, 4) is 0 Å². The lowest BCUT2D eigenvalue weighted by Gasteiger charge is -2.14. The molecule has 2 aromatic carbocycles. The van der Waals surface area contributed by atoms with E-state index in [4.69, 9.17) is 11.6 Å². The first-order chi connectivity index (χ1) is 10.6. The number of hydrogen-bond donors (Lipinski definition) is 2. The number of carboxylic acid groups (broad SMARTS) is 1. The molecule has 2 N–H and O–H groups in total. The fraction of sp³-hybridized carbons (Fsp3) is 0.176. The lowest BCUT2D eigenvalue weighted by Crippen LogP contribution is -2.41. The third-order valence-corrected chi connectivity index (χ3v) is 3.53. The van der Waals surface area contributed by atoms with E-state index >= 15 is 0 Å². The molecule has 5 heteroatoms. The van der Waals surface area contributed by atoms with E-state index in [2.05, 4.69) is 5.32 Å². The van der Waals surface area contributed by atoms with Gasteiger partial charge >= 0.3 is 5.97 Å². The number of rotatable bonds is 6. The molecule has 0 aliphatic rings. The summed E-state index contributed by atoms with van der Waals surface area (Å²) in [6, 6.07) is 15.0. The summed E-state index contributed by atoms with van der Waals surface area (Å²) in [6.07, 6.45) is 0.914. The van der Waals surface area contributed by atoms with Crippen LogP contribution >= 0.6 is 11.6 Å². The van der Waals surface area contributed by atoms with Crippen molar-refractivity contribution in [3.05, 3.63) is 70.7 Å². The zero-order valence-electron chi connectivity index (χ0n) is 11.8. The molecule has 0 saturated carbocycles. The largest absolute Gasteiger partial charge is 0.480 e. The molecule has 114 valence electrons. The fourth-order valence-corrected chi connectivity index (χ4v) is 2.18. The maximum Gasteiger partial charge on any atom is 0.326 e. The summed E-state index contributed by atoms with van der Waals surface area (Å²) >= 11 is 5.76. The summed E-state index contributed by atoms with van der Waals surface area (Å²) in [6.45, 7) is 0. The predicted octanol–water partition coefficient (Wildman–Crippen LogP) is 3.16. The highest BCUT2D eigenvalue weighted by Gasteiger charge is 2.20. The van der Waals surface area contributed by atoms with Crippen LogP contribution < -0.4 is 5.32 Å². The molecule has 0 aliphatic carbocycles. The number of aryl methyl sites for hydroxylation is 1. The molecule has 4 nitrogen and oxygen atoms in total. The number of halogens is 1. The van der Waals surface area contributed by atoms with Gasteiger partial charge in [-0.3, -0.25) is 4.79 Å². The highest BCUT2D eigenvalue weighted by molar-refractivity contribution is 6.30. The highest BCUT2D eigenvalue weighted by Crippen LogP contribution is 2.10. The van der Waals surface area contributed by atoms with E-state index in [9.17, 15) is 14.7 Å². The van der Waals surface area contributed by atoms with E-state index in [0.717, 1.165) is 5.56 Å². The van der Waals surface area contributed by atoms with Crippen molar-refractivity contribution in [1.82, 2.24) is 5.32 Å². The molecule has 1 amide bonds. The number of hydrogen-bond acceptors (Lipinski definition) is 2. The molecular formula is C17H16ClNO3. The van der Waals surface area contributed by atoms with Gasteiger partial charge in [-0.1, -0.05) is 41.9 Å². The third-order valence-electron chi connectivity index (χ3n) is 3.27. The van der Waals surface area contributed by atoms with Gasteiger partial charge in [-0.05, 0) is 42.7 Å². The predicted molar refractivity (Wildman–Crippen MR) is 85.1 cm³/mol. The smallest absolute Gasteiger partial charge is 0.326 e. The molecule has 0 spiro atoms. The Bertz CT molecular complexity index is 641. The van der Waals surface area contributed by atoms with Gasteiger partial charge in [0.1, 0.15) is 6.04 Å². The van der Waals surface area contributed by atoms with Crippen molar-refractivity contribution in [1.29, 1.82) is 0 Å². The monoisotopic (exact) mass is 317 g/mol. The van der Waals surface area contributed by atoms with E-state index in [1.165, 1.54) is 0 Å². The summed E-state index contributed by atoms with van der Waals surface area (Å²) in [5.41, 5.74) is 1.42. The third kappa shape index (κ3) is 4.60. The van der Waals surface area contributed by atoms with Crippen LogP contribution in [0.1, 0.15) is 22.3 Å². The SMILES string of the molecule is O=C(N[C@H](CCc1ccccc1)C(=O)O)c1ccc(Cl)cc1. The Hall–Kier alpha value is -2.33. The maximum absolute atomic E-state index is 12.1. The maximum atomic E-state index is 12.1. The standard InChI is InChI=1S/C17H16ClNO3/c18-14-9-7-13(8-10-14)16(20)19-15(17(21)22)11-6-12-4-2-1-3-5-12/h1-5,7-10,15H,6,11H2,(H,19,20)(H,21,22)/t15-/m1/s1. The van der Waals surface area contributed by atoms with Crippen LogP contribution in [0.5, 0.6) is 0 Å². The number of benzene rings is 2. The Kier molecular flexibility index (Phi) is 5.55. The first-order valence-electron chi connectivity index (χ1n) is 6.89. The molecule has 0 fully saturated rings. The lowest BCUT2D eigenvalue weighted by molar-refractivity contribution is -0.139. The molecule has 0 saturated heterocycles. The lowest BCUT2D eigenvalue weighted by atomic mass is 10.0. The molecule has 0 radical (unpaired) electrons. The molecule has 0 aliphatic heterocycles. The molecule has 2 aromatic rings. The molecule has 0 aromatic heterocycles. The van der Waals surface area contributed by atoms with E-state index in [1.807, 2.05) is 30.3 Å². The zero-order valence-corrected chi connectivity index (χ0v) is 12.6. The summed E-state index contributed by atoms with van der Waals surface area (Å²) in [5, 5.41) is 12.3. The molecule has 0 bridgehead atoms. The summed E-state index contributed by atoms with van der Waals surface area (Å²) in [4.78, 5) is 23.4. The highest BCUT2D eigenvalue weighted by atomic mass is 35.5. The number of amides is 1. The Labute approximate surface area is 133 Å². The number of carbonyl (C=O) groups is 2. The van der Waals surface area contributed by atoms with Gasteiger partial charge in [0.25, 0.3) is 5.91 Å². The normalized spacial score (nSPS) is 11.7. The van der Waals surface area contributed by atoms with Gasteiger partial charge in [0.2, 0.25) is 0 Å². The van der Waals surface area contributed by atoms with Crippen molar-refractivity contribution < 1.29 is 14.7 Å². The minimum absolute atomic E-state index is 0.332. The van der Waals surface area contributed by atoms with Gasteiger partial charge in [-0.2, -0.15) is 0 Å². The molecule has 2 rings (SSSR count). The summed E-state index contributed by atoms with van der Waals surface area (Å²) < 4.78 is 0. The molecule has 22 heavy (non-hydrogen) atoms. The first kappa shape index (κ1) is 16.0. The van der Waals surface area contributed by atoms with Crippen molar-refractivity contribution in [2.24, 2.45) is 0 Å². The van der Waals surface area contributed by atoms with Gasteiger partial charge in [-0.15, -0.1) is 0 Å². The first-order valence-corrected chi connectivity index (χ1v) is 7.27. The Morgan fingerprint density at radius 1 is 1.05 bits per heavy atom. The van der Waals surface area contributed by atoms with Crippen LogP contribution in [0.2, 0.25) is 5.02 Å². The topological polar surface area (TPSA) is 66.4 Å². The second kappa shape index (κ2) is 7.61. The molecule has 0 unspecified atom stereocenters. The van der Waals surface area contributed by atoms with E-state index in [-0.39, 0.29) is 0 Å². The van der Waals surface area contributed by atoms with Crippen LogP contribution in [0.3, 0.4) is 0 Å². The minimum Gasteiger partial charge on any atom is -0.480 e. The van der Waals surface area contributed by atoms with Crippen LogP contribution in [-0.4, -0.2) is 23.0 Å². The van der Waals surface area contributed by atoms with Crippen molar-refractivity contribution >= 4 is 23.5 Å². The van der Waals surface area contributed by atoms with Crippen LogP contribution in [0.4, 0.5) is 0 Å². The number of aliphatic carboxylic acids is 1. The molecular weight excluding hydrogens is 302 g/mol. The fourth-order valence-electron chi connectivity index (χ4n) is 2.06. The molecule has 1 atom stereocenters. The van der Waals surface area contributed by atoms with Gasteiger partial charge in [0.15, 0.2) is 0 Å². The Balaban J connectivity index is 1.98. The van der Waals surface area contributed by atoms with Crippen LogP contribution in [0.25, 0.3) is 0 Å². The van der Waals surface area contributed by atoms with Gasteiger partial charge in [0.05, 0.1) is 0 Å². The van der Waals surface area contributed by atoms with E-state index in [0.29, 0.717) is 23.4 Å². The Morgan fingerprint density at radius 2 is 1.68 bits per heavy atom. The minimum atomic E-state index is -1.04. The number of carbonyl (C=O) groups excluding carboxylic acids is 1. The summed E-state index contributed by atoms with van der Waals surface area (Å²) in [5.74, 6) is -1.46. The van der Waals surface area contributed by atoms with Crippen molar-refractivity contribution in [2.45, 2.75) is 18.9 Å². The van der Waals surface area contributed by atoms with E-state index < -0.39 is 17.9 Å². The van der Waals surface area contributed by atoms with Crippen LogP contribution in [0.15, 0.2) is 54.6 Å². The van der Waals surface area contributed by atoms with Gasteiger partial charge in [0, 0.05) is 10.6 Å². The van der Waals surface area contributed by atoms with Gasteiger partial charge < -0.3 is 10.4 Å². The number of carboxylic acids is 1. The van der Waals surface area contributed by atoms with E-state index in [1.54, 1.807) is 24.3 Å². The summed E-state index contributed by atoms with van der Waals surface area (Å²) in [7, 11) is 0. The average Bonchev–Trinajstić information content (AvgIpc) is 2.52. The van der Waals surface area contributed by atoms with Crippen molar-refractivity contribution in [2.75, 3.05) is 0 Å². The van der Waals surface area contributed by atoms with Crippen LogP contribution in [0, 0.1) is 0 Å². The number of nitrogens with one attached hydrogen (secondary N) is 1. The second-order valence-corrected chi connectivity index (χ2v) is 5.33. The van der Waals surface area contributed by atoms with Crippen molar-refractivity contribution in [3.63, 3.8) is 0 Å². The molecule has 0 heterocycles. The quantitative estimate of drug-likeness (QED) is 0.860. The van der Waals surface area contributed by atoms with Gasteiger partial charge in [-0.25, -0.2) is 4.79 Å². The van der Waals surface area contributed by atoms with Crippen LogP contribution in [-0.2, 0) is 11.2 Å². The Morgan fingerprint density at radius 3 is 2.27 bits per heavy atom. The average molecular weight is 318 g/mol. The zero-order chi connectivity index (χ0) is 15.9. The second-order valence-electron chi connectivity index (χ2n) is 4.90.